The zero-order valence-corrected chi connectivity index (χ0v) is 10.1. The Labute approximate surface area is 101 Å². The van der Waals surface area contributed by atoms with Gasteiger partial charge >= 0.3 is 11.5 Å². The second-order valence-corrected chi connectivity index (χ2v) is 5.09. The molecule has 0 spiro atoms. The fourth-order valence-corrected chi connectivity index (χ4v) is 2.81. The van der Waals surface area contributed by atoms with Crippen molar-refractivity contribution in [1.82, 2.24) is 0 Å². The molecule has 0 aliphatic heterocycles. The van der Waals surface area contributed by atoms with E-state index in [1.54, 1.807) is 0 Å². The molecule has 1 saturated carbocycles. The van der Waals surface area contributed by atoms with Crippen molar-refractivity contribution in [2.24, 2.45) is 0 Å². The molecule has 1 aliphatic carbocycles. The minimum absolute atomic E-state index is 0.00188. The lowest BCUT2D eigenvalue weighted by atomic mass is 9.87. The molecule has 0 radical (unpaired) electrons. The lowest BCUT2D eigenvalue weighted by Crippen LogP contribution is -2.48. The van der Waals surface area contributed by atoms with Crippen molar-refractivity contribution < 1.29 is 27.5 Å². The van der Waals surface area contributed by atoms with Crippen molar-refractivity contribution in [1.29, 1.82) is 0 Å². The van der Waals surface area contributed by atoms with Crippen molar-refractivity contribution in [2.75, 3.05) is 6.61 Å². The third kappa shape index (κ3) is 3.37. The number of rotatable bonds is 3. The molecule has 0 aromatic carbocycles. The summed E-state index contributed by atoms with van der Waals surface area (Å²) in [5.41, 5.74) is -4.63. The van der Waals surface area contributed by atoms with Gasteiger partial charge in [0.15, 0.2) is 10.5 Å². The van der Waals surface area contributed by atoms with E-state index in [4.69, 9.17) is 0 Å². The highest BCUT2D eigenvalue weighted by molar-refractivity contribution is 8.03. The molecule has 3 nitrogen and oxygen atoms in total. The summed E-state index contributed by atoms with van der Waals surface area (Å²) >= 11 is -0.543. The molecule has 1 fully saturated rings. The number of carbonyl (C=O) groups is 2. The molecule has 1 rings (SSSR count). The minimum atomic E-state index is -4.63. The first-order valence-corrected chi connectivity index (χ1v) is 6.11. The van der Waals surface area contributed by atoms with Gasteiger partial charge in [-0.15, -0.1) is 0 Å². The average molecular weight is 270 g/mol. The van der Waals surface area contributed by atoms with Gasteiger partial charge in [0.2, 0.25) is 0 Å². The van der Waals surface area contributed by atoms with Crippen molar-refractivity contribution in [2.45, 2.75) is 42.9 Å². The van der Waals surface area contributed by atoms with E-state index >= 15 is 0 Å². The van der Waals surface area contributed by atoms with Crippen LogP contribution in [0.15, 0.2) is 0 Å². The number of carbonyl (C=O) groups excluding carboxylic acids is 2. The van der Waals surface area contributed by atoms with Gasteiger partial charge in [0.05, 0.1) is 6.61 Å². The van der Waals surface area contributed by atoms with E-state index in [0.717, 1.165) is 0 Å². The van der Waals surface area contributed by atoms with Crippen LogP contribution in [0.4, 0.5) is 13.2 Å². The minimum Gasteiger partial charge on any atom is -0.465 e. The quantitative estimate of drug-likeness (QED) is 0.584. The van der Waals surface area contributed by atoms with Gasteiger partial charge in [-0.3, -0.25) is 9.59 Å². The highest BCUT2D eigenvalue weighted by atomic mass is 32.2. The normalized spacial score (nSPS) is 25.8. The van der Waals surface area contributed by atoms with E-state index in [2.05, 4.69) is 4.74 Å². The topological polar surface area (TPSA) is 43.4 Å². The Morgan fingerprint density at radius 2 is 2.12 bits per heavy atom. The molecule has 7 heteroatoms. The van der Waals surface area contributed by atoms with Crippen LogP contribution < -0.4 is 0 Å². The lowest BCUT2D eigenvalue weighted by Gasteiger charge is -2.32. The van der Waals surface area contributed by atoms with E-state index in [-0.39, 0.29) is 19.4 Å². The maximum absolute atomic E-state index is 12.5. The SMILES string of the molecule is CCOC(=O)C1(SC(F)(F)F)CCCCC1=O. The van der Waals surface area contributed by atoms with Crippen LogP contribution in [0, 0.1) is 0 Å². The van der Waals surface area contributed by atoms with Crippen molar-refractivity contribution in [3.05, 3.63) is 0 Å². The fourth-order valence-electron chi connectivity index (χ4n) is 1.81. The van der Waals surface area contributed by atoms with Crippen molar-refractivity contribution in [3.63, 3.8) is 0 Å². The number of ether oxygens (including phenoxy) is 1. The average Bonchev–Trinajstić information content (AvgIpc) is 2.20. The van der Waals surface area contributed by atoms with Crippen molar-refractivity contribution in [3.8, 4) is 0 Å². The Morgan fingerprint density at radius 1 is 1.47 bits per heavy atom. The second kappa shape index (κ2) is 5.29. The maximum atomic E-state index is 12.5. The molecule has 1 unspecified atom stereocenters. The van der Waals surface area contributed by atoms with E-state index in [1.165, 1.54) is 6.92 Å². The summed E-state index contributed by atoms with van der Waals surface area (Å²) in [6, 6.07) is 0. The van der Waals surface area contributed by atoms with Gasteiger partial charge in [0, 0.05) is 6.42 Å². The summed E-state index contributed by atoms with van der Waals surface area (Å²) in [6.45, 7) is 1.46. The van der Waals surface area contributed by atoms with Crippen LogP contribution in [0.1, 0.15) is 32.6 Å². The number of ketones is 1. The van der Waals surface area contributed by atoms with Gasteiger partial charge < -0.3 is 4.74 Å². The van der Waals surface area contributed by atoms with Gasteiger partial charge in [-0.1, -0.05) is 6.42 Å². The highest BCUT2D eigenvalue weighted by Crippen LogP contribution is 2.47. The number of thioether (sulfide) groups is 1. The van der Waals surface area contributed by atoms with E-state index < -0.39 is 33.8 Å². The van der Waals surface area contributed by atoms with E-state index in [9.17, 15) is 22.8 Å². The summed E-state index contributed by atoms with van der Waals surface area (Å²) in [7, 11) is 0. The van der Waals surface area contributed by atoms with Crippen LogP contribution in [0.2, 0.25) is 0 Å². The molecule has 0 saturated heterocycles. The molecule has 0 aromatic rings. The van der Waals surface area contributed by atoms with Crippen LogP contribution in [-0.4, -0.2) is 28.6 Å². The van der Waals surface area contributed by atoms with Crippen LogP contribution in [0.3, 0.4) is 0 Å². The molecule has 98 valence electrons. The van der Waals surface area contributed by atoms with Gasteiger partial charge in [-0.05, 0) is 31.5 Å². The summed E-state index contributed by atoms with van der Waals surface area (Å²) in [5, 5.41) is 0. The lowest BCUT2D eigenvalue weighted by molar-refractivity contribution is -0.151. The van der Waals surface area contributed by atoms with Crippen LogP contribution in [-0.2, 0) is 14.3 Å². The van der Waals surface area contributed by atoms with Gasteiger partial charge in [0.1, 0.15) is 0 Å². The molecule has 0 amide bonds. The Bertz CT molecular complexity index is 316. The third-order valence-corrected chi connectivity index (χ3v) is 3.71. The van der Waals surface area contributed by atoms with Crippen molar-refractivity contribution >= 4 is 23.5 Å². The molecule has 1 aliphatic rings. The van der Waals surface area contributed by atoms with Crippen LogP contribution in [0.25, 0.3) is 0 Å². The molecule has 1 atom stereocenters. The van der Waals surface area contributed by atoms with Gasteiger partial charge in [0.25, 0.3) is 0 Å². The van der Waals surface area contributed by atoms with Gasteiger partial charge in [-0.25, -0.2) is 0 Å². The Balaban J connectivity index is 2.98. The first kappa shape index (κ1) is 14.3. The molecule has 0 N–H and O–H groups in total. The number of halogens is 3. The van der Waals surface area contributed by atoms with Crippen LogP contribution in [0.5, 0.6) is 0 Å². The maximum Gasteiger partial charge on any atom is 0.443 e. The highest BCUT2D eigenvalue weighted by Gasteiger charge is 2.55. The zero-order chi connectivity index (χ0) is 13.1. The first-order valence-electron chi connectivity index (χ1n) is 5.29. The smallest absolute Gasteiger partial charge is 0.443 e. The summed E-state index contributed by atoms with van der Waals surface area (Å²) < 4.78 is 39.9. The third-order valence-electron chi connectivity index (χ3n) is 2.53. The molecule has 0 aromatic heterocycles. The number of hydrogen-bond donors (Lipinski definition) is 0. The Kier molecular flexibility index (Phi) is 4.46. The number of Topliss-reactive ketones (excluding diaryl/α,β-unsaturated/α-hetero) is 1. The first-order chi connectivity index (χ1) is 7.82. The van der Waals surface area contributed by atoms with E-state index in [1.807, 2.05) is 0 Å². The fraction of sp³-hybridized carbons (Fsp3) is 0.800. The molecular weight excluding hydrogens is 257 g/mol. The summed E-state index contributed by atoms with van der Waals surface area (Å²) in [4.78, 5) is 23.3. The predicted molar refractivity (Wildman–Crippen MR) is 56.5 cm³/mol. The van der Waals surface area contributed by atoms with Gasteiger partial charge in [-0.2, -0.15) is 13.2 Å². The number of alkyl halides is 3. The summed E-state index contributed by atoms with van der Waals surface area (Å²) in [6.07, 6.45) is 0.850. The summed E-state index contributed by atoms with van der Waals surface area (Å²) in [5.74, 6) is -1.74. The van der Waals surface area contributed by atoms with E-state index in [0.29, 0.717) is 12.8 Å². The molecule has 0 bridgehead atoms. The predicted octanol–water partition coefficient (Wildman–Crippen LogP) is 2.68. The molecule has 0 heterocycles. The Hall–Kier alpha value is -0.720. The number of hydrogen-bond acceptors (Lipinski definition) is 4. The molecular formula is C10H13F3O3S. The number of esters is 1. The molecule has 17 heavy (non-hydrogen) atoms. The Morgan fingerprint density at radius 3 is 2.59 bits per heavy atom. The monoisotopic (exact) mass is 270 g/mol. The van der Waals surface area contributed by atoms with Crippen LogP contribution >= 0.6 is 11.8 Å². The second-order valence-electron chi connectivity index (χ2n) is 3.73. The zero-order valence-electron chi connectivity index (χ0n) is 9.30. The standard InChI is InChI=1S/C10H13F3O3S/c1-2-16-8(15)9(17-10(11,12)13)6-4-3-5-7(9)14/h2-6H2,1H3. The largest absolute Gasteiger partial charge is 0.465 e.